The number of benzene rings is 2. The molecule has 2 aromatic rings. The molecule has 178 valence electrons. The molecule has 5 nitrogen and oxygen atoms in total. The van der Waals surface area contributed by atoms with Crippen LogP contribution in [0.25, 0.3) is 0 Å². The molecule has 5 heteroatoms. The van der Waals surface area contributed by atoms with Crippen molar-refractivity contribution < 1.29 is 14.3 Å². The van der Waals surface area contributed by atoms with Crippen LogP contribution >= 0.6 is 0 Å². The van der Waals surface area contributed by atoms with Gasteiger partial charge in [-0.3, -0.25) is 9.59 Å². The van der Waals surface area contributed by atoms with Gasteiger partial charge in [-0.1, -0.05) is 50.1 Å². The fourth-order valence-electron chi connectivity index (χ4n) is 4.63. The van der Waals surface area contributed by atoms with Gasteiger partial charge in [-0.15, -0.1) is 0 Å². The number of carbonyl (C=O) groups is 2. The minimum atomic E-state index is -0.526. The van der Waals surface area contributed by atoms with Gasteiger partial charge in [0.15, 0.2) is 6.61 Å². The van der Waals surface area contributed by atoms with E-state index in [9.17, 15) is 9.59 Å². The number of carbonyl (C=O) groups excluding carboxylic acids is 2. The van der Waals surface area contributed by atoms with Crippen molar-refractivity contribution in [1.82, 2.24) is 10.2 Å². The van der Waals surface area contributed by atoms with Crippen LogP contribution in [0.1, 0.15) is 66.8 Å². The Balaban J connectivity index is 1.81. The summed E-state index contributed by atoms with van der Waals surface area (Å²) in [7, 11) is 0. The number of nitrogens with one attached hydrogen (secondary N) is 1. The third-order valence-corrected chi connectivity index (χ3v) is 6.80. The summed E-state index contributed by atoms with van der Waals surface area (Å²) in [6, 6.07) is 11.8. The van der Waals surface area contributed by atoms with E-state index < -0.39 is 6.04 Å². The molecule has 1 N–H and O–H groups in total. The fraction of sp³-hybridized carbons (Fsp3) is 0.500. The first-order valence-electron chi connectivity index (χ1n) is 12.1. The van der Waals surface area contributed by atoms with Crippen molar-refractivity contribution in [3.05, 3.63) is 64.2 Å². The van der Waals surface area contributed by atoms with Gasteiger partial charge in [-0.05, 0) is 80.8 Å². The third kappa shape index (κ3) is 6.37. The van der Waals surface area contributed by atoms with Gasteiger partial charge in [0.2, 0.25) is 5.91 Å². The van der Waals surface area contributed by atoms with Crippen LogP contribution in [0.3, 0.4) is 0 Å². The van der Waals surface area contributed by atoms with Crippen LogP contribution < -0.4 is 10.1 Å². The highest BCUT2D eigenvalue weighted by molar-refractivity contribution is 5.88. The van der Waals surface area contributed by atoms with Gasteiger partial charge in [0, 0.05) is 12.6 Å². The lowest BCUT2D eigenvalue weighted by Gasteiger charge is -2.32. The van der Waals surface area contributed by atoms with Crippen molar-refractivity contribution in [2.24, 2.45) is 0 Å². The van der Waals surface area contributed by atoms with Gasteiger partial charge in [0.05, 0.1) is 0 Å². The molecule has 1 fully saturated rings. The fourth-order valence-corrected chi connectivity index (χ4v) is 4.63. The molecule has 1 aliphatic rings. The highest BCUT2D eigenvalue weighted by Crippen LogP contribution is 2.24. The van der Waals surface area contributed by atoms with Crippen molar-refractivity contribution in [3.8, 4) is 5.75 Å². The molecular formula is C28H38N2O3. The van der Waals surface area contributed by atoms with Crippen LogP contribution in [0.15, 0.2) is 36.4 Å². The number of ether oxygens (including phenoxy) is 1. The Bertz CT molecular complexity index is 979. The highest BCUT2D eigenvalue weighted by Gasteiger charge is 2.31. The van der Waals surface area contributed by atoms with E-state index in [1.165, 1.54) is 0 Å². The molecule has 2 aromatic carbocycles. The van der Waals surface area contributed by atoms with Gasteiger partial charge in [-0.2, -0.15) is 0 Å². The largest absolute Gasteiger partial charge is 0.483 e. The number of rotatable bonds is 9. The van der Waals surface area contributed by atoms with Gasteiger partial charge < -0.3 is 15.0 Å². The second-order valence-electron chi connectivity index (χ2n) is 9.36. The summed E-state index contributed by atoms with van der Waals surface area (Å²) in [6.07, 6.45) is 4.89. The van der Waals surface area contributed by atoms with E-state index in [0.717, 1.165) is 59.3 Å². The summed E-state index contributed by atoms with van der Waals surface area (Å²) < 4.78 is 5.99. The molecule has 0 aromatic heterocycles. The number of hydrogen-bond donors (Lipinski definition) is 1. The molecule has 0 spiro atoms. The molecule has 0 unspecified atom stereocenters. The van der Waals surface area contributed by atoms with E-state index in [-0.39, 0.29) is 24.5 Å². The normalized spacial score (nSPS) is 14.7. The predicted molar refractivity (Wildman–Crippen MR) is 132 cm³/mol. The maximum Gasteiger partial charge on any atom is 0.261 e. The monoisotopic (exact) mass is 450 g/mol. The molecular weight excluding hydrogens is 412 g/mol. The summed E-state index contributed by atoms with van der Waals surface area (Å²) in [5.41, 5.74) is 5.41. The predicted octanol–water partition coefficient (Wildman–Crippen LogP) is 5.17. The second kappa shape index (κ2) is 11.4. The average Bonchev–Trinajstić information content (AvgIpc) is 3.29. The van der Waals surface area contributed by atoms with Crippen molar-refractivity contribution in [3.63, 3.8) is 0 Å². The van der Waals surface area contributed by atoms with E-state index in [1.807, 2.05) is 65.0 Å². The van der Waals surface area contributed by atoms with Gasteiger partial charge in [0.25, 0.3) is 5.91 Å². The maximum atomic E-state index is 13.5. The van der Waals surface area contributed by atoms with Crippen LogP contribution in [0.2, 0.25) is 0 Å². The van der Waals surface area contributed by atoms with Gasteiger partial charge in [-0.25, -0.2) is 0 Å². The Morgan fingerprint density at radius 1 is 1.06 bits per heavy atom. The molecule has 0 bridgehead atoms. The Morgan fingerprint density at radius 2 is 1.76 bits per heavy atom. The Hall–Kier alpha value is -2.82. The van der Waals surface area contributed by atoms with Crippen LogP contribution in [0.4, 0.5) is 0 Å². The summed E-state index contributed by atoms with van der Waals surface area (Å²) in [5, 5.41) is 3.19. The van der Waals surface area contributed by atoms with Crippen LogP contribution in [0, 0.1) is 27.7 Å². The molecule has 1 saturated carbocycles. The van der Waals surface area contributed by atoms with Crippen LogP contribution in [-0.2, 0) is 16.1 Å². The minimum absolute atomic E-state index is 0.0612. The standard InChI is InChI=1S/C28H38N2O3/c1-6-25(28(32)29-24-13-9-10-14-24)30(17-23-12-8-7-11-20(23)3)27(31)18-33-26-16-19(2)15-21(4)22(26)5/h7-8,11-12,15-16,24-25H,6,9-10,13-14,17-18H2,1-5H3,(H,29,32)/t25-/m1/s1. The van der Waals surface area contributed by atoms with Crippen molar-refractivity contribution in [2.45, 2.75) is 85.4 Å². The zero-order chi connectivity index (χ0) is 24.0. The molecule has 33 heavy (non-hydrogen) atoms. The van der Waals surface area contributed by atoms with E-state index in [1.54, 1.807) is 4.90 Å². The summed E-state index contributed by atoms with van der Waals surface area (Å²) in [5.74, 6) is 0.485. The van der Waals surface area contributed by atoms with Crippen LogP contribution in [0.5, 0.6) is 5.75 Å². The quantitative estimate of drug-likeness (QED) is 0.574. The molecule has 0 aliphatic heterocycles. The van der Waals surface area contributed by atoms with E-state index in [4.69, 9.17) is 4.74 Å². The van der Waals surface area contributed by atoms with Crippen molar-refractivity contribution in [1.29, 1.82) is 0 Å². The molecule has 2 amide bonds. The lowest BCUT2D eigenvalue weighted by atomic mass is 10.1. The molecule has 3 rings (SSSR count). The maximum absolute atomic E-state index is 13.5. The Kier molecular flexibility index (Phi) is 8.54. The Labute approximate surface area is 198 Å². The van der Waals surface area contributed by atoms with E-state index in [2.05, 4.69) is 11.4 Å². The molecule has 0 heterocycles. The Morgan fingerprint density at radius 3 is 2.42 bits per heavy atom. The lowest BCUT2D eigenvalue weighted by molar-refractivity contribution is -0.143. The first kappa shape index (κ1) is 24.8. The molecule has 1 atom stereocenters. The van der Waals surface area contributed by atoms with Crippen molar-refractivity contribution in [2.75, 3.05) is 6.61 Å². The first-order chi connectivity index (χ1) is 15.8. The molecule has 0 saturated heterocycles. The summed E-state index contributed by atoms with van der Waals surface area (Å²) in [4.78, 5) is 28.4. The lowest BCUT2D eigenvalue weighted by Crippen LogP contribution is -2.52. The minimum Gasteiger partial charge on any atom is -0.483 e. The highest BCUT2D eigenvalue weighted by atomic mass is 16.5. The first-order valence-corrected chi connectivity index (χ1v) is 12.1. The number of hydrogen-bond acceptors (Lipinski definition) is 3. The SMILES string of the molecule is CC[C@H](C(=O)NC1CCCC1)N(Cc1ccccc1C)C(=O)COc1cc(C)cc(C)c1C. The third-order valence-electron chi connectivity index (χ3n) is 6.80. The zero-order valence-electron chi connectivity index (χ0n) is 20.7. The average molecular weight is 451 g/mol. The smallest absolute Gasteiger partial charge is 0.261 e. The number of aryl methyl sites for hydroxylation is 3. The second-order valence-corrected chi connectivity index (χ2v) is 9.36. The van der Waals surface area contributed by atoms with Gasteiger partial charge in [0.1, 0.15) is 11.8 Å². The number of nitrogens with zero attached hydrogens (tertiary/aromatic N) is 1. The molecule has 0 radical (unpaired) electrons. The molecule has 1 aliphatic carbocycles. The summed E-state index contributed by atoms with van der Waals surface area (Å²) >= 11 is 0. The van der Waals surface area contributed by atoms with Crippen molar-refractivity contribution >= 4 is 11.8 Å². The zero-order valence-corrected chi connectivity index (χ0v) is 20.7. The van der Waals surface area contributed by atoms with E-state index >= 15 is 0 Å². The summed E-state index contributed by atoms with van der Waals surface area (Å²) in [6.45, 7) is 10.4. The van der Waals surface area contributed by atoms with Crippen LogP contribution in [-0.4, -0.2) is 35.4 Å². The topological polar surface area (TPSA) is 58.6 Å². The van der Waals surface area contributed by atoms with Gasteiger partial charge >= 0.3 is 0 Å². The number of amides is 2. The van der Waals surface area contributed by atoms with E-state index in [0.29, 0.717) is 13.0 Å².